The van der Waals surface area contributed by atoms with Crippen LogP contribution >= 0.6 is 0 Å². The number of hydrogen-bond donors (Lipinski definition) is 3. The quantitative estimate of drug-likeness (QED) is 0.680. The van der Waals surface area contributed by atoms with E-state index >= 15 is 0 Å². The zero-order chi connectivity index (χ0) is 12.7. The molecule has 0 saturated heterocycles. The van der Waals surface area contributed by atoms with E-state index in [0.717, 1.165) is 12.8 Å². The fraction of sp³-hybridized carbons (Fsp3) is 0.538. The van der Waals surface area contributed by atoms with Crippen molar-refractivity contribution in [3.63, 3.8) is 0 Å². The summed E-state index contributed by atoms with van der Waals surface area (Å²) in [6.45, 7) is 2.83. The Morgan fingerprint density at radius 3 is 2.41 bits per heavy atom. The molecule has 0 aliphatic rings. The van der Waals surface area contributed by atoms with E-state index in [4.69, 9.17) is 0 Å². The predicted octanol–water partition coefficient (Wildman–Crippen LogP) is 1.61. The Labute approximate surface area is 101 Å². The fourth-order valence-electron chi connectivity index (χ4n) is 1.62. The van der Waals surface area contributed by atoms with Crippen molar-refractivity contribution in [1.82, 2.24) is 5.32 Å². The second-order valence-corrected chi connectivity index (χ2v) is 4.17. The molecule has 96 valence electrons. The minimum absolute atomic E-state index is 0.313. The Bertz CT molecular complexity index is 316. The van der Waals surface area contributed by atoms with Gasteiger partial charge in [-0.15, -0.1) is 0 Å². The van der Waals surface area contributed by atoms with Crippen molar-refractivity contribution in [3.8, 4) is 0 Å². The van der Waals surface area contributed by atoms with Crippen molar-refractivity contribution in [2.75, 3.05) is 13.1 Å². The first-order valence-electron chi connectivity index (χ1n) is 5.95. The highest BCUT2D eigenvalue weighted by atomic mass is 19.1. The molecular formula is C13H20FNO2. The van der Waals surface area contributed by atoms with Gasteiger partial charge in [0, 0.05) is 13.1 Å². The summed E-state index contributed by atoms with van der Waals surface area (Å²) in [7, 11) is 0. The SMILES string of the molecule is CCCC(O)CNCC(O)c1ccc(F)cc1. The van der Waals surface area contributed by atoms with E-state index in [0.29, 0.717) is 18.7 Å². The molecule has 1 rings (SSSR count). The molecule has 0 aliphatic heterocycles. The maximum absolute atomic E-state index is 12.7. The van der Waals surface area contributed by atoms with Gasteiger partial charge in [-0.2, -0.15) is 0 Å². The van der Waals surface area contributed by atoms with E-state index in [-0.39, 0.29) is 11.9 Å². The summed E-state index contributed by atoms with van der Waals surface area (Å²) in [5.74, 6) is -0.313. The minimum atomic E-state index is -0.676. The van der Waals surface area contributed by atoms with Crippen LogP contribution in [0.25, 0.3) is 0 Å². The van der Waals surface area contributed by atoms with Gasteiger partial charge in [-0.25, -0.2) is 4.39 Å². The van der Waals surface area contributed by atoms with E-state index in [1.165, 1.54) is 12.1 Å². The summed E-state index contributed by atoms with van der Waals surface area (Å²) in [5.41, 5.74) is 0.670. The summed E-state index contributed by atoms with van der Waals surface area (Å²) >= 11 is 0. The molecule has 0 aliphatic carbocycles. The molecule has 0 saturated carbocycles. The molecule has 0 heterocycles. The second kappa shape index (κ2) is 7.37. The fourth-order valence-corrected chi connectivity index (χ4v) is 1.62. The number of hydrogen-bond acceptors (Lipinski definition) is 3. The smallest absolute Gasteiger partial charge is 0.123 e. The first-order chi connectivity index (χ1) is 8.13. The van der Waals surface area contributed by atoms with Crippen molar-refractivity contribution in [3.05, 3.63) is 35.6 Å². The molecule has 0 bridgehead atoms. The van der Waals surface area contributed by atoms with Crippen molar-refractivity contribution >= 4 is 0 Å². The Hall–Kier alpha value is -0.970. The van der Waals surface area contributed by atoms with Crippen molar-refractivity contribution in [2.45, 2.75) is 32.0 Å². The van der Waals surface area contributed by atoms with Crippen LogP contribution < -0.4 is 5.32 Å². The number of benzene rings is 1. The third-order valence-electron chi connectivity index (χ3n) is 2.59. The van der Waals surface area contributed by atoms with Crippen LogP contribution in [0.1, 0.15) is 31.4 Å². The summed E-state index contributed by atoms with van der Waals surface area (Å²) < 4.78 is 12.7. The Morgan fingerprint density at radius 2 is 1.82 bits per heavy atom. The molecule has 1 aromatic rings. The second-order valence-electron chi connectivity index (χ2n) is 4.17. The number of halogens is 1. The van der Waals surface area contributed by atoms with E-state index in [9.17, 15) is 14.6 Å². The highest BCUT2D eigenvalue weighted by molar-refractivity contribution is 5.18. The number of aliphatic hydroxyl groups is 2. The molecule has 2 unspecified atom stereocenters. The van der Waals surface area contributed by atoms with Crippen molar-refractivity contribution < 1.29 is 14.6 Å². The topological polar surface area (TPSA) is 52.5 Å². The van der Waals surface area contributed by atoms with Crippen molar-refractivity contribution in [1.29, 1.82) is 0 Å². The van der Waals surface area contributed by atoms with Gasteiger partial charge in [0.25, 0.3) is 0 Å². The number of rotatable bonds is 7. The van der Waals surface area contributed by atoms with Crippen LogP contribution in [-0.2, 0) is 0 Å². The first-order valence-corrected chi connectivity index (χ1v) is 5.95. The number of aliphatic hydroxyl groups excluding tert-OH is 2. The van der Waals surface area contributed by atoms with Crippen LogP contribution in [-0.4, -0.2) is 29.4 Å². The molecule has 4 heteroatoms. The summed E-state index contributed by atoms with van der Waals surface area (Å²) in [6.07, 6.45) is 0.632. The van der Waals surface area contributed by atoms with Crippen LogP contribution in [0.15, 0.2) is 24.3 Å². The standard InChI is InChI=1S/C13H20FNO2/c1-2-3-12(16)8-15-9-13(17)10-4-6-11(14)7-5-10/h4-7,12-13,15-17H,2-3,8-9H2,1H3. The number of nitrogens with one attached hydrogen (secondary N) is 1. The third kappa shape index (κ3) is 5.26. The lowest BCUT2D eigenvalue weighted by Crippen LogP contribution is -2.30. The Kier molecular flexibility index (Phi) is 6.11. The molecule has 0 spiro atoms. The summed E-state index contributed by atoms with van der Waals surface area (Å²) in [5, 5.41) is 22.3. The van der Waals surface area contributed by atoms with Gasteiger partial charge in [-0.3, -0.25) is 0 Å². The molecule has 3 nitrogen and oxygen atoms in total. The molecule has 0 aromatic heterocycles. The van der Waals surface area contributed by atoms with Crippen LogP contribution in [0.2, 0.25) is 0 Å². The predicted molar refractivity (Wildman–Crippen MR) is 65.1 cm³/mol. The maximum Gasteiger partial charge on any atom is 0.123 e. The van der Waals surface area contributed by atoms with Gasteiger partial charge in [0.05, 0.1) is 12.2 Å². The van der Waals surface area contributed by atoms with Gasteiger partial charge in [0.2, 0.25) is 0 Å². The van der Waals surface area contributed by atoms with Gasteiger partial charge in [-0.1, -0.05) is 25.5 Å². The lowest BCUT2D eigenvalue weighted by Gasteiger charge is -2.14. The van der Waals surface area contributed by atoms with Gasteiger partial charge >= 0.3 is 0 Å². The normalized spacial score (nSPS) is 14.6. The summed E-state index contributed by atoms with van der Waals surface area (Å²) in [4.78, 5) is 0. The Balaban J connectivity index is 2.29. The average molecular weight is 241 g/mol. The van der Waals surface area contributed by atoms with E-state index in [1.54, 1.807) is 12.1 Å². The van der Waals surface area contributed by atoms with E-state index in [1.807, 2.05) is 6.92 Å². The molecule has 0 amide bonds. The van der Waals surface area contributed by atoms with Crippen LogP contribution in [0.5, 0.6) is 0 Å². The van der Waals surface area contributed by atoms with Crippen LogP contribution in [0, 0.1) is 5.82 Å². The molecule has 2 atom stereocenters. The highest BCUT2D eigenvalue weighted by Crippen LogP contribution is 2.12. The monoisotopic (exact) mass is 241 g/mol. The molecule has 1 aromatic carbocycles. The van der Waals surface area contributed by atoms with E-state index in [2.05, 4.69) is 5.32 Å². The van der Waals surface area contributed by atoms with Crippen LogP contribution in [0.4, 0.5) is 4.39 Å². The Morgan fingerprint density at radius 1 is 1.18 bits per heavy atom. The first kappa shape index (κ1) is 14.1. The van der Waals surface area contributed by atoms with Gasteiger partial charge in [0.1, 0.15) is 5.82 Å². The molecule has 17 heavy (non-hydrogen) atoms. The maximum atomic E-state index is 12.7. The zero-order valence-electron chi connectivity index (χ0n) is 10.1. The largest absolute Gasteiger partial charge is 0.392 e. The lowest BCUT2D eigenvalue weighted by molar-refractivity contribution is 0.140. The van der Waals surface area contributed by atoms with E-state index < -0.39 is 6.10 Å². The van der Waals surface area contributed by atoms with Gasteiger partial charge in [-0.05, 0) is 24.1 Å². The highest BCUT2D eigenvalue weighted by Gasteiger charge is 2.08. The molecule has 0 radical (unpaired) electrons. The summed E-state index contributed by atoms with van der Waals surface area (Å²) in [6, 6.07) is 5.77. The van der Waals surface area contributed by atoms with Gasteiger partial charge < -0.3 is 15.5 Å². The van der Waals surface area contributed by atoms with Crippen molar-refractivity contribution in [2.24, 2.45) is 0 Å². The zero-order valence-corrected chi connectivity index (χ0v) is 10.1. The lowest BCUT2D eigenvalue weighted by atomic mass is 10.1. The minimum Gasteiger partial charge on any atom is -0.392 e. The van der Waals surface area contributed by atoms with Crippen LogP contribution in [0.3, 0.4) is 0 Å². The molecule has 0 fully saturated rings. The third-order valence-corrected chi connectivity index (χ3v) is 2.59. The van der Waals surface area contributed by atoms with Gasteiger partial charge in [0.15, 0.2) is 0 Å². The average Bonchev–Trinajstić information content (AvgIpc) is 2.30. The molecular weight excluding hydrogens is 221 g/mol. The molecule has 3 N–H and O–H groups in total.